The lowest BCUT2D eigenvalue weighted by atomic mass is 10.0. The summed E-state index contributed by atoms with van der Waals surface area (Å²) >= 11 is 0. The Bertz CT molecular complexity index is 1090. The first-order valence-corrected chi connectivity index (χ1v) is 9.59. The quantitative estimate of drug-likeness (QED) is 0.284. The number of nitrogens with zero attached hydrogens (tertiary/aromatic N) is 1. The molecule has 7 heteroatoms. The number of hydrogen-bond donors (Lipinski definition) is 0. The van der Waals surface area contributed by atoms with E-state index in [1.54, 1.807) is 62.6 Å². The van der Waals surface area contributed by atoms with Crippen LogP contribution in [0.4, 0.5) is 5.69 Å². The van der Waals surface area contributed by atoms with Gasteiger partial charge in [0.2, 0.25) is 5.78 Å². The topological polar surface area (TPSA) is 95.7 Å². The van der Waals surface area contributed by atoms with Crippen LogP contribution in [0, 0.1) is 10.1 Å². The molecule has 0 spiro atoms. The van der Waals surface area contributed by atoms with E-state index < -0.39 is 11.0 Å². The zero-order valence-corrected chi connectivity index (χ0v) is 17.1. The largest absolute Gasteiger partial charge is 0.497 e. The second-order valence-electron chi connectivity index (χ2n) is 6.90. The highest BCUT2D eigenvalue weighted by Crippen LogP contribution is 2.20. The number of Topliss-reactive ketones (excluding diaryl/α,β-unsaturated/α-hetero) is 2. The Balaban J connectivity index is 1.65. The Morgan fingerprint density at radius 1 is 0.935 bits per heavy atom. The van der Waals surface area contributed by atoms with Gasteiger partial charge in [-0.15, -0.1) is 0 Å². The second-order valence-corrected chi connectivity index (χ2v) is 6.90. The molecule has 1 atom stereocenters. The predicted molar refractivity (Wildman–Crippen MR) is 115 cm³/mol. The average molecular weight is 419 g/mol. The first-order valence-electron chi connectivity index (χ1n) is 9.59. The number of rotatable bonds is 9. The Morgan fingerprint density at radius 3 is 2.19 bits per heavy atom. The number of ether oxygens (including phenoxy) is 2. The summed E-state index contributed by atoms with van der Waals surface area (Å²) in [5.41, 5.74) is 1.55. The summed E-state index contributed by atoms with van der Waals surface area (Å²) in [7, 11) is 1.56. The summed E-state index contributed by atoms with van der Waals surface area (Å²) in [5.74, 6) is 0.795. The third-order valence-corrected chi connectivity index (χ3v) is 4.72. The Morgan fingerprint density at radius 2 is 1.58 bits per heavy atom. The molecule has 0 saturated heterocycles. The van der Waals surface area contributed by atoms with Crippen molar-refractivity contribution >= 4 is 17.3 Å². The molecule has 0 saturated carbocycles. The summed E-state index contributed by atoms with van der Waals surface area (Å²) in [6.45, 7) is 1.67. The van der Waals surface area contributed by atoms with Gasteiger partial charge in [-0.3, -0.25) is 19.7 Å². The van der Waals surface area contributed by atoms with Crippen LogP contribution in [0.15, 0.2) is 72.8 Å². The molecule has 0 aliphatic heterocycles. The fourth-order valence-electron chi connectivity index (χ4n) is 3.03. The number of ketones is 2. The molecular formula is C24H21NO6. The summed E-state index contributed by atoms with van der Waals surface area (Å²) in [6.07, 6.45) is -0.607. The van der Waals surface area contributed by atoms with Gasteiger partial charge in [-0.25, -0.2) is 0 Å². The van der Waals surface area contributed by atoms with Crippen molar-refractivity contribution in [2.24, 2.45) is 0 Å². The number of hydrogen-bond acceptors (Lipinski definition) is 6. The standard InChI is InChI=1S/C24H21NO6/c1-16(24(27)19-8-12-21(30-2)13-9-19)31-22-5-3-4-17(14-22)15-23(26)18-6-10-20(11-7-18)25(28)29/h3-14,16H,15H2,1-2H3. The van der Waals surface area contributed by atoms with Crippen molar-refractivity contribution in [2.75, 3.05) is 7.11 Å². The van der Waals surface area contributed by atoms with E-state index in [9.17, 15) is 19.7 Å². The molecule has 1 unspecified atom stereocenters. The average Bonchev–Trinajstić information content (AvgIpc) is 2.79. The van der Waals surface area contributed by atoms with Crippen LogP contribution in [0.25, 0.3) is 0 Å². The Labute approximate surface area is 179 Å². The fourth-order valence-corrected chi connectivity index (χ4v) is 3.03. The van der Waals surface area contributed by atoms with Crippen LogP contribution >= 0.6 is 0 Å². The number of carbonyl (C=O) groups is 2. The van der Waals surface area contributed by atoms with E-state index in [0.717, 1.165) is 0 Å². The Hall–Kier alpha value is -4.00. The van der Waals surface area contributed by atoms with E-state index in [1.165, 1.54) is 24.3 Å². The van der Waals surface area contributed by atoms with Gasteiger partial charge in [0.15, 0.2) is 11.9 Å². The van der Waals surface area contributed by atoms with Crippen molar-refractivity contribution in [3.63, 3.8) is 0 Å². The number of nitro groups is 1. The van der Waals surface area contributed by atoms with Crippen LogP contribution in [-0.2, 0) is 6.42 Å². The van der Waals surface area contributed by atoms with Gasteiger partial charge < -0.3 is 9.47 Å². The van der Waals surface area contributed by atoms with Crippen LogP contribution in [0.3, 0.4) is 0 Å². The van der Waals surface area contributed by atoms with Crippen molar-refractivity contribution in [3.8, 4) is 11.5 Å². The number of non-ortho nitro benzene ring substituents is 1. The maximum absolute atomic E-state index is 12.6. The lowest BCUT2D eigenvalue weighted by molar-refractivity contribution is -0.384. The maximum Gasteiger partial charge on any atom is 0.269 e. The summed E-state index contributed by atoms with van der Waals surface area (Å²) in [4.78, 5) is 35.3. The monoisotopic (exact) mass is 419 g/mol. The van der Waals surface area contributed by atoms with Crippen LogP contribution in [0.5, 0.6) is 11.5 Å². The number of nitro benzene ring substituents is 1. The second kappa shape index (κ2) is 9.67. The van der Waals surface area contributed by atoms with Crippen molar-refractivity contribution in [2.45, 2.75) is 19.4 Å². The molecular weight excluding hydrogens is 398 g/mol. The summed E-state index contributed by atoms with van der Waals surface area (Å²) in [5, 5.41) is 10.7. The smallest absolute Gasteiger partial charge is 0.269 e. The molecule has 158 valence electrons. The summed E-state index contributed by atoms with van der Waals surface area (Å²) in [6, 6.07) is 19.2. The Kier molecular flexibility index (Phi) is 6.77. The van der Waals surface area contributed by atoms with E-state index in [0.29, 0.717) is 28.2 Å². The van der Waals surface area contributed by atoms with Gasteiger partial charge in [0.05, 0.1) is 12.0 Å². The molecule has 7 nitrogen and oxygen atoms in total. The van der Waals surface area contributed by atoms with E-state index in [2.05, 4.69) is 0 Å². The van der Waals surface area contributed by atoms with Gasteiger partial charge >= 0.3 is 0 Å². The highest BCUT2D eigenvalue weighted by Gasteiger charge is 2.17. The summed E-state index contributed by atoms with van der Waals surface area (Å²) < 4.78 is 10.9. The highest BCUT2D eigenvalue weighted by molar-refractivity contribution is 5.99. The molecule has 0 fully saturated rings. The molecule has 0 aliphatic carbocycles. The van der Waals surface area contributed by atoms with Crippen LogP contribution in [-0.4, -0.2) is 29.7 Å². The third-order valence-electron chi connectivity index (χ3n) is 4.72. The molecule has 0 aromatic heterocycles. The number of carbonyl (C=O) groups excluding carboxylic acids is 2. The first-order chi connectivity index (χ1) is 14.9. The van der Waals surface area contributed by atoms with E-state index in [-0.39, 0.29) is 23.7 Å². The number of benzene rings is 3. The molecule has 0 amide bonds. The molecule has 0 aliphatic rings. The zero-order chi connectivity index (χ0) is 22.4. The number of methoxy groups -OCH3 is 1. The van der Waals surface area contributed by atoms with Crippen LogP contribution in [0.2, 0.25) is 0 Å². The predicted octanol–water partition coefficient (Wildman–Crippen LogP) is 4.68. The van der Waals surface area contributed by atoms with E-state index >= 15 is 0 Å². The van der Waals surface area contributed by atoms with Crippen LogP contribution in [0.1, 0.15) is 33.2 Å². The highest BCUT2D eigenvalue weighted by atomic mass is 16.6. The maximum atomic E-state index is 12.6. The molecule has 0 N–H and O–H groups in total. The molecule has 3 rings (SSSR count). The zero-order valence-electron chi connectivity index (χ0n) is 17.1. The minimum absolute atomic E-state index is 0.0672. The molecule has 3 aromatic rings. The van der Waals surface area contributed by atoms with Crippen molar-refractivity contribution < 1.29 is 24.0 Å². The van der Waals surface area contributed by atoms with Gasteiger partial charge in [-0.1, -0.05) is 12.1 Å². The van der Waals surface area contributed by atoms with E-state index in [1.807, 2.05) is 0 Å². The van der Waals surface area contributed by atoms with Gasteiger partial charge in [0.1, 0.15) is 11.5 Å². The third kappa shape index (κ3) is 5.54. The molecule has 0 radical (unpaired) electrons. The molecule has 3 aromatic carbocycles. The van der Waals surface area contributed by atoms with Gasteiger partial charge in [-0.05, 0) is 61.0 Å². The van der Waals surface area contributed by atoms with Gasteiger partial charge in [-0.2, -0.15) is 0 Å². The SMILES string of the molecule is COc1ccc(C(=O)C(C)Oc2cccc(CC(=O)c3ccc([N+](=O)[O-])cc3)c2)cc1. The normalized spacial score (nSPS) is 11.4. The minimum atomic E-state index is -0.714. The molecule has 31 heavy (non-hydrogen) atoms. The van der Waals surface area contributed by atoms with Gasteiger partial charge in [0.25, 0.3) is 5.69 Å². The fraction of sp³-hybridized carbons (Fsp3) is 0.167. The van der Waals surface area contributed by atoms with Crippen molar-refractivity contribution in [1.82, 2.24) is 0 Å². The minimum Gasteiger partial charge on any atom is -0.497 e. The lowest BCUT2D eigenvalue weighted by Gasteiger charge is -2.15. The van der Waals surface area contributed by atoms with Gasteiger partial charge in [0, 0.05) is 29.7 Å². The molecule has 0 bridgehead atoms. The molecule has 0 heterocycles. The van der Waals surface area contributed by atoms with Crippen molar-refractivity contribution in [3.05, 3.63) is 99.6 Å². The first kappa shape index (κ1) is 21.7. The lowest BCUT2D eigenvalue weighted by Crippen LogP contribution is -2.23. The van der Waals surface area contributed by atoms with E-state index in [4.69, 9.17) is 9.47 Å². The van der Waals surface area contributed by atoms with Crippen molar-refractivity contribution in [1.29, 1.82) is 0 Å². The van der Waals surface area contributed by atoms with Crippen LogP contribution < -0.4 is 9.47 Å².